The predicted octanol–water partition coefficient (Wildman–Crippen LogP) is 3.30. The molecule has 23 heavy (non-hydrogen) atoms. The van der Waals surface area contributed by atoms with Crippen molar-refractivity contribution in [1.82, 2.24) is 4.90 Å². The van der Waals surface area contributed by atoms with Gasteiger partial charge in [-0.1, -0.05) is 36.8 Å². The topological polar surface area (TPSA) is 46.6 Å². The van der Waals surface area contributed by atoms with Gasteiger partial charge in [0.25, 0.3) is 0 Å². The van der Waals surface area contributed by atoms with E-state index < -0.39 is 0 Å². The van der Waals surface area contributed by atoms with Crippen molar-refractivity contribution in [2.75, 3.05) is 7.11 Å². The largest absolute Gasteiger partial charge is 0.469 e. The second-order valence-electron chi connectivity index (χ2n) is 6.79. The summed E-state index contributed by atoms with van der Waals surface area (Å²) in [4.78, 5) is 26.6. The van der Waals surface area contributed by atoms with Crippen LogP contribution < -0.4 is 0 Å². The van der Waals surface area contributed by atoms with Crippen molar-refractivity contribution in [3.8, 4) is 0 Å². The maximum absolute atomic E-state index is 12.7. The van der Waals surface area contributed by atoms with Gasteiger partial charge in [0.05, 0.1) is 13.5 Å². The molecular formula is C19H25NO3. The molecule has 2 aliphatic rings. The number of benzene rings is 1. The maximum Gasteiger partial charge on any atom is 0.305 e. The SMILES string of the molecule is COC(=O)C[C@H]1CCC[C@@]12CCCC(=O)N2Cc1ccccc1. The number of carbonyl (C=O) groups is 2. The van der Waals surface area contributed by atoms with E-state index in [0.717, 1.165) is 37.7 Å². The Kier molecular flexibility index (Phi) is 4.69. The van der Waals surface area contributed by atoms with Gasteiger partial charge in [0.15, 0.2) is 0 Å². The normalized spacial score (nSPS) is 27.4. The van der Waals surface area contributed by atoms with E-state index in [2.05, 4.69) is 17.0 Å². The highest BCUT2D eigenvalue weighted by molar-refractivity contribution is 5.78. The van der Waals surface area contributed by atoms with E-state index >= 15 is 0 Å². The van der Waals surface area contributed by atoms with Crippen molar-refractivity contribution >= 4 is 11.9 Å². The van der Waals surface area contributed by atoms with Gasteiger partial charge in [-0.05, 0) is 37.2 Å². The number of ether oxygens (including phenoxy) is 1. The van der Waals surface area contributed by atoms with Crippen LogP contribution in [0.15, 0.2) is 30.3 Å². The van der Waals surface area contributed by atoms with E-state index in [4.69, 9.17) is 4.74 Å². The minimum absolute atomic E-state index is 0.153. The molecule has 1 aliphatic heterocycles. The van der Waals surface area contributed by atoms with Gasteiger partial charge in [-0.2, -0.15) is 0 Å². The third-order valence-corrected chi connectivity index (χ3v) is 5.59. The van der Waals surface area contributed by atoms with Crippen LogP contribution in [0.3, 0.4) is 0 Å². The molecule has 1 aromatic rings. The van der Waals surface area contributed by atoms with Crippen LogP contribution in [0.25, 0.3) is 0 Å². The zero-order valence-corrected chi connectivity index (χ0v) is 13.8. The van der Waals surface area contributed by atoms with Crippen molar-refractivity contribution in [3.05, 3.63) is 35.9 Å². The summed E-state index contributed by atoms with van der Waals surface area (Å²) in [6.07, 6.45) is 6.09. The molecule has 124 valence electrons. The lowest BCUT2D eigenvalue weighted by molar-refractivity contribution is -0.151. The number of esters is 1. The van der Waals surface area contributed by atoms with Crippen LogP contribution in [-0.2, 0) is 20.9 Å². The zero-order valence-electron chi connectivity index (χ0n) is 13.8. The summed E-state index contributed by atoms with van der Waals surface area (Å²) >= 11 is 0. The summed E-state index contributed by atoms with van der Waals surface area (Å²) in [7, 11) is 1.44. The second kappa shape index (κ2) is 6.73. The molecule has 0 N–H and O–H groups in total. The molecule has 0 unspecified atom stereocenters. The van der Waals surface area contributed by atoms with Crippen LogP contribution in [0.5, 0.6) is 0 Å². The Bertz CT molecular complexity index is 571. The molecule has 0 radical (unpaired) electrons. The van der Waals surface area contributed by atoms with Gasteiger partial charge in [-0.3, -0.25) is 9.59 Å². The van der Waals surface area contributed by atoms with Gasteiger partial charge >= 0.3 is 5.97 Å². The highest BCUT2D eigenvalue weighted by Crippen LogP contribution is 2.48. The summed E-state index contributed by atoms with van der Waals surface area (Å²) in [6.45, 7) is 0.650. The molecule has 1 aromatic carbocycles. The van der Waals surface area contributed by atoms with Gasteiger partial charge in [-0.25, -0.2) is 0 Å². The van der Waals surface area contributed by atoms with Crippen LogP contribution in [0.1, 0.15) is 50.5 Å². The fourth-order valence-corrected chi connectivity index (χ4v) is 4.46. The van der Waals surface area contributed by atoms with Crippen LogP contribution in [0.2, 0.25) is 0 Å². The van der Waals surface area contributed by atoms with Crippen molar-refractivity contribution in [2.24, 2.45) is 5.92 Å². The first-order chi connectivity index (χ1) is 11.2. The summed E-state index contributed by atoms with van der Waals surface area (Å²) in [5.41, 5.74) is 1.00. The molecule has 1 aliphatic carbocycles. The Morgan fingerprint density at radius 1 is 1.26 bits per heavy atom. The van der Waals surface area contributed by atoms with Gasteiger partial charge in [-0.15, -0.1) is 0 Å². The molecule has 4 heteroatoms. The number of rotatable bonds is 4. The first-order valence-electron chi connectivity index (χ1n) is 8.57. The van der Waals surface area contributed by atoms with Gasteiger partial charge in [0.2, 0.25) is 5.91 Å². The van der Waals surface area contributed by atoms with E-state index in [0.29, 0.717) is 19.4 Å². The summed E-state index contributed by atoms with van der Waals surface area (Å²) in [6, 6.07) is 10.2. The number of likely N-dealkylation sites (tertiary alicyclic amines) is 1. The standard InChI is InChI=1S/C19H25NO3/c1-23-18(22)13-16-9-5-11-19(16)12-6-10-17(21)20(19)14-15-7-3-2-4-8-15/h2-4,7-8,16H,5-6,9-14H2,1H3/t16-,19-/m1/s1. The van der Waals surface area contributed by atoms with Crippen LogP contribution in [0, 0.1) is 5.92 Å². The van der Waals surface area contributed by atoms with E-state index in [9.17, 15) is 9.59 Å². The Morgan fingerprint density at radius 2 is 2.00 bits per heavy atom. The quantitative estimate of drug-likeness (QED) is 0.801. The molecular weight excluding hydrogens is 290 g/mol. The smallest absolute Gasteiger partial charge is 0.305 e. The lowest BCUT2D eigenvalue weighted by atomic mass is 9.76. The molecule has 0 aromatic heterocycles. The molecule has 1 amide bonds. The van der Waals surface area contributed by atoms with E-state index in [-0.39, 0.29) is 23.3 Å². The van der Waals surface area contributed by atoms with Crippen LogP contribution >= 0.6 is 0 Å². The Labute approximate surface area is 137 Å². The average molecular weight is 315 g/mol. The number of hydrogen-bond acceptors (Lipinski definition) is 3. The number of carbonyl (C=O) groups excluding carboxylic acids is 2. The molecule has 2 fully saturated rings. The minimum Gasteiger partial charge on any atom is -0.469 e. The second-order valence-corrected chi connectivity index (χ2v) is 6.79. The molecule has 4 nitrogen and oxygen atoms in total. The molecule has 2 atom stereocenters. The summed E-state index contributed by atoms with van der Waals surface area (Å²) < 4.78 is 4.88. The molecule has 1 saturated heterocycles. The average Bonchev–Trinajstić information content (AvgIpc) is 2.95. The van der Waals surface area contributed by atoms with Crippen LogP contribution in [-0.4, -0.2) is 29.4 Å². The number of hydrogen-bond donors (Lipinski definition) is 0. The van der Waals surface area contributed by atoms with Crippen molar-refractivity contribution in [3.63, 3.8) is 0 Å². The van der Waals surface area contributed by atoms with Gasteiger partial charge < -0.3 is 9.64 Å². The third kappa shape index (κ3) is 3.12. The van der Waals surface area contributed by atoms with E-state index in [1.165, 1.54) is 7.11 Å². The fraction of sp³-hybridized carbons (Fsp3) is 0.579. The molecule has 1 spiro atoms. The summed E-state index contributed by atoms with van der Waals surface area (Å²) in [5.74, 6) is 0.300. The molecule has 3 rings (SSSR count). The third-order valence-electron chi connectivity index (χ3n) is 5.59. The Morgan fingerprint density at radius 3 is 2.74 bits per heavy atom. The first kappa shape index (κ1) is 16.0. The summed E-state index contributed by atoms with van der Waals surface area (Å²) in [5, 5.41) is 0. The molecule has 1 heterocycles. The lowest BCUT2D eigenvalue weighted by Crippen LogP contribution is -2.56. The Balaban J connectivity index is 1.86. The van der Waals surface area contributed by atoms with Crippen molar-refractivity contribution in [2.45, 2.75) is 57.0 Å². The predicted molar refractivity (Wildman–Crippen MR) is 87.5 cm³/mol. The fourth-order valence-electron chi connectivity index (χ4n) is 4.46. The number of piperidine rings is 1. The van der Waals surface area contributed by atoms with Crippen LogP contribution in [0.4, 0.5) is 0 Å². The highest BCUT2D eigenvalue weighted by atomic mass is 16.5. The van der Waals surface area contributed by atoms with Gasteiger partial charge in [0.1, 0.15) is 0 Å². The first-order valence-corrected chi connectivity index (χ1v) is 8.57. The molecule has 1 saturated carbocycles. The number of nitrogens with zero attached hydrogens (tertiary/aromatic N) is 1. The van der Waals surface area contributed by atoms with E-state index in [1.54, 1.807) is 0 Å². The lowest BCUT2D eigenvalue weighted by Gasteiger charge is -2.48. The minimum atomic E-state index is -0.158. The number of amides is 1. The van der Waals surface area contributed by atoms with Crippen molar-refractivity contribution < 1.29 is 14.3 Å². The van der Waals surface area contributed by atoms with E-state index in [1.807, 2.05) is 18.2 Å². The highest BCUT2D eigenvalue weighted by Gasteiger charge is 2.51. The molecule has 0 bridgehead atoms. The monoisotopic (exact) mass is 315 g/mol. The maximum atomic E-state index is 12.7. The van der Waals surface area contributed by atoms with Crippen molar-refractivity contribution in [1.29, 1.82) is 0 Å². The number of methoxy groups -OCH3 is 1. The Hall–Kier alpha value is -1.84. The zero-order chi connectivity index (χ0) is 16.3. The van der Waals surface area contributed by atoms with Gasteiger partial charge in [0, 0.05) is 18.5 Å².